The molecule has 2 amide bonds. The highest BCUT2D eigenvalue weighted by Gasteiger charge is 2.45. The van der Waals surface area contributed by atoms with Crippen molar-refractivity contribution in [2.24, 2.45) is 17.3 Å². The summed E-state index contributed by atoms with van der Waals surface area (Å²) in [5.74, 6) is -1.13. The number of nitrogens with zero attached hydrogens (tertiary/aromatic N) is 7. The normalized spacial score (nSPS) is 26.3. The SMILES string of the molecule is CCn1c(-c2cc(N3CCN4CCOC[C@@H]4C3)cnc2[C@H](C)OC)c2c3cc(ccc31)-c1csc(n1)C[C@H](NC(=O)[C@@H]1C[C@H]1C#N)C(=O)N1CCC[C@@H](COCC(C)(C)C2)N1. The molecule has 3 saturated heterocycles. The molecule has 5 aliphatic rings. The number of nitrogens with one attached hydrogen (secondary N) is 2. The Hall–Kier alpha value is -4.43. The first-order chi connectivity index (χ1) is 29.5. The van der Waals surface area contributed by atoms with Crippen LogP contribution in [-0.4, -0.2) is 121 Å². The number of amides is 2. The fourth-order valence-electron chi connectivity index (χ4n) is 9.80. The highest BCUT2D eigenvalue weighted by Crippen LogP contribution is 2.43. The second-order valence-corrected chi connectivity index (χ2v) is 19.2. The third kappa shape index (κ3) is 8.55. The van der Waals surface area contributed by atoms with E-state index in [1.54, 1.807) is 12.1 Å². The van der Waals surface area contributed by atoms with Gasteiger partial charge in [-0.25, -0.2) is 10.4 Å². The third-order valence-electron chi connectivity index (χ3n) is 13.3. The van der Waals surface area contributed by atoms with Crippen LogP contribution in [0.3, 0.4) is 0 Å². The summed E-state index contributed by atoms with van der Waals surface area (Å²) >= 11 is 1.50. The zero-order chi connectivity index (χ0) is 42.4. The number of piperazine rings is 1. The number of benzene rings is 1. The summed E-state index contributed by atoms with van der Waals surface area (Å²) in [6, 6.07) is 10.7. The summed E-state index contributed by atoms with van der Waals surface area (Å²) in [5, 5.41) is 18.1. The minimum atomic E-state index is -0.820. The van der Waals surface area contributed by atoms with Gasteiger partial charge in [0.15, 0.2) is 0 Å². The van der Waals surface area contributed by atoms with Crippen molar-refractivity contribution in [3.05, 3.63) is 52.1 Å². The van der Waals surface area contributed by atoms with Crippen LogP contribution >= 0.6 is 11.3 Å². The number of anilines is 1. The fourth-order valence-corrected chi connectivity index (χ4v) is 10.6. The van der Waals surface area contributed by atoms with E-state index in [0.717, 1.165) is 115 Å². The Bertz CT molecular complexity index is 2320. The van der Waals surface area contributed by atoms with Crippen LogP contribution in [0.25, 0.3) is 33.4 Å². The first-order valence-electron chi connectivity index (χ1n) is 22.1. The summed E-state index contributed by atoms with van der Waals surface area (Å²) in [5.41, 5.74) is 11.6. The first kappa shape index (κ1) is 41.9. The van der Waals surface area contributed by atoms with Gasteiger partial charge in [-0.2, -0.15) is 5.26 Å². The molecule has 9 rings (SSSR count). The predicted molar refractivity (Wildman–Crippen MR) is 235 cm³/mol. The van der Waals surface area contributed by atoms with Crippen molar-refractivity contribution in [3.63, 3.8) is 0 Å². The molecule has 1 saturated carbocycles. The summed E-state index contributed by atoms with van der Waals surface area (Å²) < 4.78 is 20.9. The Morgan fingerprint density at radius 1 is 1.18 bits per heavy atom. The van der Waals surface area contributed by atoms with Crippen LogP contribution in [0, 0.1) is 28.6 Å². The fraction of sp³-hybridized carbons (Fsp3) is 0.587. The van der Waals surface area contributed by atoms with Crippen LogP contribution in [0.5, 0.6) is 0 Å². The molecule has 0 spiro atoms. The van der Waals surface area contributed by atoms with Crippen LogP contribution in [0.1, 0.15) is 69.3 Å². The Kier molecular flexibility index (Phi) is 11.9. The van der Waals surface area contributed by atoms with Crippen LogP contribution < -0.4 is 15.6 Å². The number of methoxy groups -OCH3 is 1. The smallest absolute Gasteiger partial charge is 0.259 e. The number of aromatic nitrogens is 3. The molecule has 0 unspecified atom stereocenters. The summed E-state index contributed by atoms with van der Waals surface area (Å²) in [6.07, 6.45) is 5.00. The average Bonchev–Trinajstić information content (AvgIpc) is 3.83. The molecule has 1 aromatic carbocycles. The minimum Gasteiger partial charge on any atom is -0.379 e. The molecule has 14 nitrogen and oxygen atoms in total. The zero-order valence-corrected chi connectivity index (χ0v) is 36.9. The van der Waals surface area contributed by atoms with E-state index in [9.17, 15) is 14.9 Å². The maximum atomic E-state index is 14.2. The van der Waals surface area contributed by atoms with Gasteiger partial charge in [-0.1, -0.05) is 19.9 Å². The van der Waals surface area contributed by atoms with E-state index in [4.69, 9.17) is 24.2 Å². The van der Waals surface area contributed by atoms with E-state index in [2.05, 4.69) is 83.1 Å². The molecular formula is C46H59N9O5S. The Labute approximate surface area is 362 Å². The van der Waals surface area contributed by atoms with Gasteiger partial charge in [0, 0.05) is 86.3 Å². The summed E-state index contributed by atoms with van der Waals surface area (Å²) in [6.45, 7) is 16.4. The molecule has 2 N–H and O–H groups in total. The van der Waals surface area contributed by atoms with Crippen LogP contribution in [0.2, 0.25) is 0 Å². The van der Waals surface area contributed by atoms with Crippen LogP contribution in [0.4, 0.5) is 5.69 Å². The molecule has 0 radical (unpaired) electrons. The number of thiazole rings is 1. The number of nitriles is 1. The highest BCUT2D eigenvalue weighted by molar-refractivity contribution is 7.10. The van der Waals surface area contributed by atoms with Crippen molar-refractivity contribution < 1.29 is 23.8 Å². The van der Waals surface area contributed by atoms with Gasteiger partial charge in [0.2, 0.25) is 5.91 Å². The number of fused-ring (bicyclic) bond motifs is 7. The lowest BCUT2D eigenvalue weighted by molar-refractivity contribution is -0.142. The van der Waals surface area contributed by atoms with Crippen LogP contribution in [0.15, 0.2) is 35.8 Å². The monoisotopic (exact) mass is 849 g/mol. The Morgan fingerprint density at radius 2 is 2.05 bits per heavy atom. The van der Waals surface area contributed by atoms with Crippen molar-refractivity contribution in [2.45, 2.75) is 90.6 Å². The molecule has 6 bridgehead atoms. The van der Waals surface area contributed by atoms with Crippen molar-refractivity contribution in [1.29, 1.82) is 5.26 Å². The maximum absolute atomic E-state index is 14.2. The first-order valence-corrected chi connectivity index (χ1v) is 23.0. The Balaban J connectivity index is 1.14. The molecule has 3 aromatic heterocycles. The van der Waals surface area contributed by atoms with Gasteiger partial charge in [0.25, 0.3) is 5.91 Å². The predicted octanol–water partition coefficient (Wildman–Crippen LogP) is 5.36. The molecule has 6 atom stereocenters. The average molecular weight is 850 g/mol. The van der Waals surface area contributed by atoms with Crippen molar-refractivity contribution in [2.75, 3.05) is 71.2 Å². The standard InChI is InChI=1S/C46H59N9O5S/c1-6-54-40-10-9-29-16-35(40)37(43(54)36-18-32(22-48-42(36)28(2)58-5)53-13-12-52-14-15-59-25-33(52)23-53)20-46(3,4)27-60-24-31-8-7-11-55(51-31)45(57)38(19-41-49-39(29)26-61-41)50-44(56)34-17-30(34)21-47/h9-10,16,18,22,26,28,30-31,33-34,38,51H,6-8,11-15,17,19-20,23-25,27H2,1-5H3,(H,50,56)/t28-,30-,31-,33-,34+,38-/m0/s1. The lowest BCUT2D eigenvalue weighted by Gasteiger charge is -2.44. The van der Waals surface area contributed by atoms with Crippen molar-refractivity contribution >= 4 is 39.7 Å². The molecule has 7 heterocycles. The summed E-state index contributed by atoms with van der Waals surface area (Å²) in [4.78, 5) is 42.8. The number of hydrazine groups is 1. The van der Waals surface area contributed by atoms with Gasteiger partial charge in [-0.05, 0) is 68.7 Å². The molecule has 61 heavy (non-hydrogen) atoms. The van der Waals surface area contributed by atoms with E-state index >= 15 is 0 Å². The largest absolute Gasteiger partial charge is 0.379 e. The van der Waals surface area contributed by atoms with E-state index in [0.29, 0.717) is 32.2 Å². The molecule has 324 valence electrons. The molecule has 4 aromatic rings. The van der Waals surface area contributed by atoms with Gasteiger partial charge in [-0.15, -0.1) is 11.3 Å². The molecular weight excluding hydrogens is 791 g/mol. The van der Waals surface area contributed by atoms with Crippen LogP contribution in [-0.2, 0) is 43.2 Å². The molecule has 15 heteroatoms. The topological polar surface area (TPSA) is 150 Å². The number of carbonyl (C=O) groups excluding carboxylic acids is 2. The van der Waals surface area contributed by atoms with E-state index < -0.39 is 6.04 Å². The van der Waals surface area contributed by atoms with Crippen molar-refractivity contribution in [1.82, 2.24) is 35.2 Å². The summed E-state index contributed by atoms with van der Waals surface area (Å²) in [7, 11) is 1.75. The number of carbonyl (C=O) groups is 2. The van der Waals surface area contributed by atoms with Gasteiger partial charge < -0.3 is 29.0 Å². The number of hydrogen-bond donors (Lipinski definition) is 2. The van der Waals surface area contributed by atoms with E-state index in [1.165, 1.54) is 16.9 Å². The lowest BCUT2D eigenvalue weighted by Crippen LogP contribution is -2.59. The molecule has 4 fully saturated rings. The highest BCUT2D eigenvalue weighted by atomic mass is 32.1. The number of hydrogen-bond acceptors (Lipinski definition) is 12. The second-order valence-electron chi connectivity index (χ2n) is 18.3. The quantitative estimate of drug-likeness (QED) is 0.248. The third-order valence-corrected chi connectivity index (χ3v) is 14.2. The zero-order valence-electron chi connectivity index (χ0n) is 36.1. The molecule has 4 aliphatic heterocycles. The number of rotatable bonds is 7. The lowest BCUT2D eigenvalue weighted by atomic mass is 9.84. The van der Waals surface area contributed by atoms with Crippen molar-refractivity contribution in [3.8, 4) is 28.6 Å². The Morgan fingerprint density at radius 3 is 2.85 bits per heavy atom. The van der Waals surface area contributed by atoms with Gasteiger partial charge in [0.1, 0.15) is 6.04 Å². The van der Waals surface area contributed by atoms with E-state index in [1.807, 2.05) is 11.6 Å². The van der Waals surface area contributed by atoms with Gasteiger partial charge in [0.05, 0.1) is 90.5 Å². The number of ether oxygens (including phenoxy) is 3. The molecule has 1 aliphatic carbocycles. The maximum Gasteiger partial charge on any atom is 0.259 e. The van der Waals surface area contributed by atoms with Gasteiger partial charge in [-0.3, -0.25) is 24.5 Å². The van der Waals surface area contributed by atoms with Gasteiger partial charge >= 0.3 is 0 Å². The minimum absolute atomic E-state index is 0.0596. The number of pyridine rings is 1. The van der Waals surface area contributed by atoms with E-state index in [-0.39, 0.29) is 47.6 Å². The number of morpholine rings is 1. The number of aryl methyl sites for hydroxylation is 1. The second kappa shape index (κ2) is 17.4.